The van der Waals surface area contributed by atoms with Gasteiger partial charge in [-0.2, -0.15) is 0 Å². The average molecular weight is 516 g/mol. The molecule has 0 atom stereocenters. The molecule has 1 amide bonds. The van der Waals surface area contributed by atoms with E-state index in [0.717, 1.165) is 11.3 Å². The number of hydrogen-bond donors (Lipinski definition) is 0. The van der Waals surface area contributed by atoms with E-state index in [1.807, 2.05) is 25.1 Å². The maximum Gasteiger partial charge on any atom is 0.265 e. The normalized spacial score (nSPS) is 16.7. The second-order valence-corrected chi connectivity index (χ2v) is 11.2. The zero-order valence-corrected chi connectivity index (χ0v) is 20.9. The summed E-state index contributed by atoms with van der Waals surface area (Å²) in [5.74, 6) is -0.230. The highest BCUT2D eigenvalue weighted by atomic mass is 35.5. The number of benzene rings is 3. The molecule has 3 aromatic carbocycles. The summed E-state index contributed by atoms with van der Waals surface area (Å²) in [7, 11) is -3.89. The SMILES string of the molecule is Cc1ccc(Cl)cc1N1CCN(C(=O)CN2c3ccc(Cl)cc3-c3ccccc3S2(=O)=O)CC1. The predicted molar refractivity (Wildman–Crippen MR) is 136 cm³/mol. The van der Waals surface area contributed by atoms with Gasteiger partial charge in [-0.1, -0.05) is 47.5 Å². The molecule has 2 aliphatic rings. The molecule has 0 unspecified atom stereocenters. The minimum atomic E-state index is -3.89. The van der Waals surface area contributed by atoms with Crippen molar-refractivity contribution in [3.8, 4) is 11.1 Å². The van der Waals surface area contributed by atoms with Crippen LogP contribution in [-0.2, 0) is 14.8 Å². The first-order valence-electron chi connectivity index (χ1n) is 11.0. The summed E-state index contributed by atoms with van der Waals surface area (Å²) >= 11 is 12.4. The minimum Gasteiger partial charge on any atom is -0.368 e. The summed E-state index contributed by atoms with van der Waals surface area (Å²) in [6.45, 7) is 4.07. The van der Waals surface area contributed by atoms with Crippen molar-refractivity contribution >= 4 is 50.5 Å². The van der Waals surface area contributed by atoms with Gasteiger partial charge in [0.05, 0.1) is 10.6 Å². The lowest BCUT2D eigenvalue weighted by atomic mass is 10.0. The molecular formula is C25H23Cl2N3O3S. The first kappa shape index (κ1) is 23.0. The summed E-state index contributed by atoms with van der Waals surface area (Å²) < 4.78 is 28.2. The van der Waals surface area contributed by atoms with E-state index >= 15 is 0 Å². The first-order valence-corrected chi connectivity index (χ1v) is 13.2. The van der Waals surface area contributed by atoms with Crippen molar-refractivity contribution in [3.05, 3.63) is 76.3 Å². The van der Waals surface area contributed by atoms with E-state index in [0.29, 0.717) is 53.0 Å². The van der Waals surface area contributed by atoms with Gasteiger partial charge < -0.3 is 9.80 Å². The van der Waals surface area contributed by atoms with E-state index in [2.05, 4.69) is 4.90 Å². The van der Waals surface area contributed by atoms with Crippen LogP contribution in [0.15, 0.2) is 65.6 Å². The van der Waals surface area contributed by atoms with E-state index < -0.39 is 10.0 Å². The van der Waals surface area contributed by atoms with E-state index in [-0.39, 0.29) is 17.3 Å². The number of piperazine rings is 1. The molecule has 0 aromatic heterocycles. The Morgan fingerprint density at radius 3 is 2.29 bits per heavy atom. The van der Waals surface area contributed by atoms with E-state index in [9.17, 15) is 13.2 Å². The standard InChI is InChI=1S/C25H23Cl2N3O3S/c1-17-6-7-19(27)15-23(17)28-10-12-29(13-11-28)25(31)16-30-22-9-8-18(26)14-21(22)20-4-2-3-5-24(20)34(30,32)33/h2-9,14-15H,10-13,16H2,1H3. The Hall–Kier alpha value is -2.74. The van der Waals surface area contributed by atoms with E-state index in [1.165, 1.54) is 4.31 Å². The lowest BCUT2D eigenvalue weighted by Crippen LogP contribution is -2.52. The van der Waals surface area contributed by atoms with Crippen LogP contribution in [0.25, 0.3) is 11.1 Å². The number of nitrogens with zero attached hydrogens (tertiary/aromatic N) is 3. The Balaban J connectivity index is 1.38. The molecular weight excluding hydrogens is 493 g/mol. The van der Waals surface area contributed by atoms with Crippen LogP contribution in [0, 0.1) is 6.92 Å². The number of aryl methyl sites for hydroxylation is 1. The van der Waals surface area contributed by atoms with Gasteiger partial charge in [-0.25, -0.2) is 8.42 Å². The van der Waals surface area contributed by atoms with Gasteiger partial charge in [0.25, 0.3) is 10.0 Å². The molecule has 5 rings (SSSR count). The maximum absolute atomic E-state index is 13.5. The summed E-state index contributed by atoms with van der Waals surface area (Å²) in [4.78, 5) is 17.4. The molecule has 6 nitrogen and oxygen atoms in total. The summed E-state index contributed by atoms with van der Waals surface area (Å²) in [5, 5.41) is 1.18. The fourth-order valence-corrected chi connectivity index (χ4v) is 6.60. The fourth-order valence-electron chi connectivity index (χ4n) is 4.62. The van der Waals surface area contributed by atoms with Gasteiger partial charge in [0.15, 0.2) is 0 Å². The van der Waals surface area contributed by atoms with Gasteiger partial charge >= 0.3 is 0 Å². The van der Waals surface area contributed by atoms with Crippen LogP contribution in [0.5, 0.6) is 0 Å². The molecule has 0 bridgehead atoms. The number of carbonyl (C=O) groups excluding carboxylic acids is 1. The Bertz CT molecular complexity index is 1390. The van der Waals surface area contributed by atoms with Gasteiger partial charge in [0.1, 0.15) is 6.54 Å². The summed E-state index contributed by atoms with van der Waals surface area (Å²) in [6, 6.07) is 17.6. The Morgan fingerprint density at radius 1 is 0.853 bits per heavy atom. The number of amides is 1. The highest BCUT2D eigenvalue weighted by Crippen LogP contribution is 2.43. The Labute approximate surface area is 209 Å². The van der Waals surface area contributed by atoms with Crippen LogP contribution in [-0.4, -0.2) is 51.9 Å². The number of sulfonamides is 1. The molecule has 1 fully saturated rings. The topological polar surface area (TPSA) is 60.9 Å². The number of rotatable bonds is 3. The zero-order chi connectivity index (χ0) is 24.0. The van der Waals surface area contributed by atoms with Crippen LogP contribution in [0.3, 0.4) is 0 Å². The van der Waals surface area contributed by atoms with Gasteiger partial charge in [-0.15, -0.1) is 0 Å². The summed E-state index contributed by atoms with van der Waals surface area (Å²) in [5.41, 5.74) is 3.93. The second-order valence-electron chi connectivity index (χ2n) is 8.47. The van der Waals surface area contributed by atoms with Crippen molar-refractivity contribution in [3.63, 3.8) is 0 Å². The molecule has 176 valence electrons. The highest BCUT2D eigenvalue weighted by molar-refractivity contribution is 7.93. The molecule has 34 heavy (non-hydrogen) atoms. The molecule has 0 aliphatic carbocycles. The van der Waals surface area contributed by atoms with Crippen molar-refractivity contribution in [2.24, 2.45) is 0 Å². The van der Waals surface area contributed by atoms with Crippen LogP contribution < -0.4 is 9.21 Å². The third-order valence-corrected chi connectivity index (χ3v) is 8.68. The summed E-state index contributed by atoms with van der Waals surface area (Å²) in [6.07, 6.45) is 0. The third-order valence-electron chi connectivity index (χ3n) is 6.40. The molecule has 0 radical (unpaired) electrons. The van der Waals surface area contributed by atoms with Crippen LogP contribution in [0.2, 0.25) is 10.0 Å². The molecule has 0 saturated carbocycles. The number of hydrogen-bond acceptors (Lipinski definition) is 4. The molecule has 9 heteroatoms. The Morgan fingerprint density at radius 2 is 1.53 bits per heavy atom. The highest BCUT2D eigenvalue weighted by Gasteiger charge is 2.37. The van der Waals surface area contributed by atoms with Crippen molar-refractivity contribution in [1.82, 2.24) is 4.90 Å². The number of halogens is 2. The first-order chi connectivity index (χ1) is 16.3. The lowest BCUT2D eigenvalue weighted by molar-refractivity contribution is -0.129. The Kier molecular flexibility index (Phi) is 5.96. The third kappa shape index (κ3) is 4.02. The molecule has 0 spiro atoms. The van der Waals surface area contributed by atoms with E-state index in [1.54, 1.807) is 47.4 Å². The van der Waals surface area contributed by atoms with E-state index in [4.69, 9.17) is 23.2 Å². The van der Waals surface area contributed by atoms with Crippen LogP contribution in [0.1, 0.15) is 5.56 Å². The van der Waals surface area contributed by atoms with Crippen molar-refractivity contribution < 1.29 is 13.2 Å². The monoisotopic (exact) mass is 515 g/mol. The second kappa shape index (κ2) is 8.80. The van der Waals surface area contributed by atoms with Crippen LogP contribution >= 0.6 is 23.2 Å². The van der Waals surface area contributed by atoms with Gasteiger partial charge in [-0.05, 0) is 48.9 Å². The van der Waals surface area contributed by atoms with Crippen molar-refractivity contribution in [2.45, 2.75) is 11.8 Å². The number of fused-ring (bicyclic) bond motifs is 3. The fraction of sp³-hybridized carbons (Fsp3) is 0.240. The zero-order valence-electron chi connectivity index (χ0n) is 18.5. The lowest BCUT2D eigenvalue weighted by Gasteiger charge is -2.38. The number of carbonyl (C=O) groups is 1. The quantitative estimate of drug-likeness (QED) is 0.501. The van der Waals surface area contributed by atoms with Crippen LogP contribution in [0.4, 0.5) is 11.4 Å². The predicted octanol–water partition coefficient (Wildman–Crippen LogP) is 4.83. The molecule has 1 saturated heterocycles. The molecule has 3 aromatic rings. The van der Waals surface area contributed by atoms with Crippen molar-refractivity contribution in [1.29, 1.82) is 0 Å². The van der Waals surface area contributed by atoms with Gasteiger partial charge in [0.2, 0.25) is 5.91 Å². The minimum absolute atomic E-state index is 0.179. The number of anilines is 2. The average Bonchev–Trinajstić information content (AvgIpc) is 2.83. The largest absolute Gasteiger partial charge is 0.368 e. The maximum atomic E-state index is 13.5. The molecule has 2 heterocycles. The smallest absolute Gasteiger partial charge is 0.265 e. The van der Waals surface area contributed by atoms with Crippen molar-refractivity contribution in [2.75, 3.05) is 41.9 Å². The van der Waals surface area contributed by atoms with Gasteiger partial charge in [-0.3, -0.25) is 9.10 Å². The molecule has 0 N–H and O–H groups in total. The van der Waals surface area contributed by atoms with Gasteiger partial charge in [0, 0.05) is 53.0 Å². The molecule has 2 aliphatic heterocycles.